The molecule has 0 bridgehead atoms. The number of benzene rings is 2. The van der Waals surface area contributed by atoms with Crippen molar-refractivity contribution in [2.24, 2.45) is 5.41 Å². The van der Waals surface area contributed by atoms with E-state index in [2.05, 4.69) is 5.32 Å². The van der Waals surface area contributed by atoms with Crippen LogP contribution in [0, 0.1) is 15.5 Å². The number of carbonyl (C=O) groups excluding carboxylic acids is 3. The molecule has 224 valence electrons. The largest absolute Gasteiger partial charge is 0.508 e. The third-order valence-corrected chi connectivity index (χ3v) is 5.65. The van der Waals surface area contributed by atoms with Crippen LogP contribution in [0.3, 0.4) is 0 Å². The lowest BCUT2D eigenvalue weighted by Crippen LogP contribution is -2.42. The molecule has 0 aliphatic heterocycles. The number of amides is 1. The van der Waals surface area contributed by atoms with Gasteiger partial charge in [0.1, 0.15) is 26.4 Å². The minimum atomic E-state index is -0.917. The summed E-state index contributed by atoms with van der Waals surface area (Å²) in [5, 5.41) is 14.0. The van der Waals surface area contributed by atoms with Crippen molar-refractivity contribution >= 4 is 23.9 Å². The highest BCUT2D eigenvalue weighted by atomic mass is 16.7. The number of alkyl carbamates (subject to hydrolysis) is 1. The van der Waals surface area contributed by atoms with Gasteiger partial charge in [0.25, 0.3) is 5.69 Å². The van der Waals surface area contributed by atoms with Crippen LogP contribution in [0.15, 0.2) is 36.4 Å². The molecule has 2 rings (SSSR count). The predicted molar refractivity (Wildman–Crippen MR) is 142 cm³/mol. The number of nitrogens with zero attached hydrogens (tertiary/aromatic N) is 1. The Morgan fingerprint density at radius 3 is 1.98 bits per heavy atom. The van der Waals surface area contributed by atoms with Crippen LogP contribution in [0.5, 0.6) is 11.5 Å². The number of methoxy groups -OCH3 is 3. The molecule has 0 aliphatic carbocycles. The van der Waals surface area contributed by atoms with Crippen molar-refractivity contribution in [3.05, 3.63) is 63.2 Å². The standard InChI is InChI=1S/C27H34N2O12/c1-18(30)38-12-19-6-8-20(9-7-19)13-40-26(32)41-17-27(2,16-35-3)15-28-25(31)39-14-21-10-23(36-4)24(37-5)11-22(21)29(33)34/h6-11H,12-17H2,1-5H3,(H,28,31). The van der Waals surface area contributed by atoms with Crippen molar-refractivity contribution in [1.29, 1.82) is 0 Å². The number of rotatable bonds is 15. The van der Waals surface area contributed by atoms with Gasteiger partial charge in [-0.1, -0.05) is 31.2 Å². The zero-order valence-electron chi connectivity index (χ0n) is 23.6. The van der Waals surface area contributed by atoms with Gasteiger partial charge in [-0.05, 0) is 17.2 Å². The van der Waals surface area contributed by atoms with Crippen molar-refractivity contribution in [3.8, 4) is 11.5 Å². The SMILES string of the molecule is COCC(C)(CNC(=O)OCc1cc(OC)c(OC)cc1[N+](=O)[O-])COC(=O)OCc1ccc(COC(C)=O)cc1. The highest BCUT2D eigenvalue weighted by molar-refractivity contribution is 5.67. The molecular formula is C27H34N2O12. The van der Waals surface area contributed by atoms with E-state index in [1.165, 1.54) is 40.4 Å². The van der Waals surface area contributed by atoms with Crippen molar-refractivity contribution in [3.63, 3.8) is 0 Å². The first-order chi connectivity index (χ1) is 19.5. The third-order valence-electron chi connectivity index (χ3n) is 5.65. The number of nitrogens with one attached hydrogen (secondary N) is 1. The minimum Gasteiger partial charge on any atom is -0.493 e. The van der Waals surface area contributed by atoms with E-state index in [9.17, 15) is 24.5 Å². The van der Waals surface area contributed by atoms with E-state index in [-0.39, 0.29) is 61.7 Å². The second-order valence-electron chi connectivity index (χ2n) is 9.19. The van der Waals surface area contributed by atoms with Gasteiger partial charge in [0.15, 0.2) is 11.5 Å². The lowest BCUT2D eigenvalue weighted by molar-refractivity contribution is -0.385. The molecule has 0 radical (unpaired) electrons. The van der Waals surface area contributed by atoms with Gasteiger partial charge in [0.2, 0.25) is 0 Å². The van der Waals surface area contributed by atoms with Crippen LogP contribution in [-0.2, 0) is 48.3 Å². The van der Waals surface area contributed by atoms with Crippen molar-refractivity contribution in [1.82, 2.24) is 5.32 Å². The second kappa shape index (κ2) is 15.9. The second-order valence-corrected chi connectivity index (χ2v) is 9.19. The van der Waals surface area contributed by atoms with Gasteiger partial charge >= 0.3 is 18.2 Å². The molecule has 1 unspecified atom stereocenters. The Bertz CT molecular complexity index is 1200. The summed E-state index contributed by atoms with van der Waals surface area (Å²) in [6.07, 6.45) is -1.77. The van der Waals surface area contributed by atoms with Gasteiger partial charge in [-0.2, -0.15) is 0 Å². The molecule has 0 aliphatic rings. The third kappa shape index (κ3) is 10.8. The molecule has 41 heavy (non-hydrogen) atoms. The van der Waals surface area contributed by atoms with Crippen LogP contribution >= 0.6 is 0 Å². The topological polar surface area (TPSA) is 171 Å². The van der Waals surface area contributed by atoms with Crippen molar-refractivity contribution < 1.29 is 52.5 Å². The summed E-state index contributed by atoms with van der Waals surface area (Å²) in [4.78, 5) is 46.3. The summed E-state index contributed by atoms with van der Waals surface area (Å²) in [5.74, 6) is 0.0223. The number of esters is 1. The Morgan fingerprint density at radius 2 is 1.44 bits per heavy atom. The van der Waals surface area contributed by atoms with Gasteiger partial charge in [0, 0.05) is 26.0 Å². The van der Waals surface area contributed by atoms with Crippen LogP contribution < -0.4 is 14.8 Å². The normalized spacial score (nSPS) is 11.9. The molecule has 0 aromatic heterocycles. The molecule has 14 heteroatoms. The Hall–Kier alpha value is -4.59. The molecule has 14 nitrogen and oxygen atoms in total. The van der Waals surface area contributed by atoms with Gasteiger partial charge in [0.05, 0.1) is 37.4 Å². The van der Waals surface area contributed by atoms with E-state index in [0.29, 0.717) is 5.56 Å². The van der Waals surface area contributed by atoms with E-state index in [0.717, 1.165) is 5.56 Å². The first-order valence-corrected chi connectivity index (χ1v) is 12.3. The molecule has 2 aromatic carbocycles. The van der Waals surface area contributed by atoms with Gasteiger partial charge in [-0.15, -0.1) is 0 Å². The highest BCUT2D eigenvalue weighted by Gasteiger charge is 2.28. The summed E-state index contributed by atoms with van der Waals surface area (Å²) in [6, 6.07) is 9.49. The summed E-state index contributed by atoms with van der Waals surface area (Å²) in [6.45, 7) is 2.69. The highest BCUT2D eigenvalue weighted by Crippen LogP contribution is 2.34. The summed E-state index contributed by atoms with van der Waals surface area (Å²) in [7, 11) is 4.18. The molecule has 0 saturated heterocycles. The molecule has 1 N–H and O–H groups in total. The van der Waals surface area contributed by atoms with Crippen LogP contribution in [-0.4, -0.2) is 64.2 Å². The summed E-state index contributed by atoms with van der Waals surface area (Å²) >= 11 is 0. The summed E-state index contributed by atoms with van der Waals surface area (Å²) in [5.41, 5.74) is 0.444. The number of hydrogen-bond donors (Lipinski definition) is 1. The van der Waals surface area contributed by atoms with E-state index in [1.54, 1.807) is 31.2 Å². The Labute approximate surface area is 236 Å². The smallest absolute Gasteiger partial charge is 0.493 e. The predicted octanol–water partition coefficient (Wildman–Crippen LogP) is 3.91. The fraction of sp³-hybridized carbons (Fsp3) is 0.444. The fourth-order valence-corrected chi connectivity index (χ4v) is 3.50. The number of nitro groups is 1. The van der Waals surface area contributed by atoms with Gasteiger partial charge < -0.3 is 38.5 Å². The molecule has 0 heterocycles. The number of carbonyl (C=O) groups is 3. The molecule has 0 saturated carbocycles. The Morgan fingerprint density at radius 1 is 0.854 bits per heavy atom. The van der Waals surface area contributed by atoms with Crippen LogP contribution in [0.4, 0.5) is 15.3 Å². The molecule has 0 spiro atoms. The molecule has 1 atom stereocenters. The van der Waals surface area contributed by atoms with Crippen LogP contribution in [0.25, 0.3) is 0 Å². The van der Waals surface area contributed by atoms with Crippen LogP contribution in [0.1, 0.15) is 30.5 Å². The van der Waals surface area contributed by atoms with E-state index >= 15 is 0 Å². The van der Waals surface area contributed by atoms with Gasteiger partial charge in [-0.3, -0.25) is 14.9 Å². The zero-order chi connectivity index (χ0) is 30.4. The molecule has 2 aromatic rings. The lowest BCUT2D eigenvalue weighted by Gasteiger charge is -2.28. The zero-order valence-corrected chi connectivity index (χ0v) is 23.6. The number of hydrogen-bond acceptors (Lipinski definition) is 12. The first kappa shape index (κ1) is 32.6. The first-order valence-electron chi connectivity index (χ1n) is 12.3. The lowest BCUT2D eigenvalue weighted by atomic mass is 9.93. The molecule has 1 amide bonds. The number of ether oxygens (including phenoxy) is 7. The average molecular weight is 579 g/mol. The average Bonchev–Trinajstić information content (AvgIpc) is 2.95. The molecule has 0 fully saturated rings. The Kier molecular flexibility index (Phi) is 12.6. The number of nitro benzene ring substituents is 1. The maximum absolute atomic E-state index is 12.4. The van der Waals surface area contributed by atoms with Crippen molar-refractivity contribution in [2.45, 2.75) is 33.7 Å². The summed E-state index contributed by atoms with van der Waals surface area (Å²) < 4.78 is 35.9. The van der Waals surface area contributed by atoms with Crippen molar-refractivity contribution in [2.75, 3.05) is 41.1 Å². The van der Waals surface area contributed by atoms with Crippen LogP contribution in [0.2, 0.25) is 0 Å². The van der Waals surface area contributed by atoms with E-state index < -0.39 is 29.2 Å². The Balaban J connectivity index is 1.86. The maximum atomic E-state index is 12.4. The van der Waals surface area contributed by atoms with E-state index in [1.807, 2.05) is 0 Å². The van der Waals surface area contributed by atoms with E-state index in [4.69, 9.17) is 33.2 Å². The fourth-order valence-electron chi connectivity index (χ4n) is 3.50. The monoisotopic (exact) mass is 578 g/mol. The maximum Gasteiger partial charge on any atom is 0.508 e. The van der Waals surface area contributed by atoms with Gasteiger partial charge in [-0.25, -0.2) is 9.59 Å². The minimum absolute atomic E-state index is 0.00915. The molecular weight excluding hydrogens is 544 g/mol. The quantitative estimate of drug-likeness (QED) is 0.140.